The summed E-state index contributed by atoms with van der Waals surface area (Å²) in [6.07, 6.45) is -17.2. The standard InChI is InChI=1S/C26H26F9N3O4/c1-13(2)42-23(40)38-18(12-41-3)10-21(19-9-15(24(27,28)29)4-5-20(19)38)37(22(36)39)11-14-6-16(25(30,31)32)8-17(7-14)26(33,34)35/h4-9,13,18,21H,10-12H2,1-3H3,(H2,36,39)/t18-,21-/m1/s1. The van der Waals surface area contributed by atoms with E-state index in [4.69, 9.17) is 15.2 Å². The van der Waals surface area contributed by atoms with Crippen LogP contribution in [0.2, 0.25) is 0 Å². The smallest absolute Gasteiger partial charge is 0.416 e. The number of anilines is 1. The molecule has 2 aromatic rings. The van der Waals surface area contributed by atoms with Gasteiger partial charge in [0.1, 0.15) is 0 Å². The van der Waals surface area contributed by atoms with Crippen molar-refractivity contribution in [2.45, 2.75) is 63.5 Å². The highest BCUT2D eigenvalue weighted by Crippen LogP contribution is 2.45. The third-order valence-corrected chi connectivity index (χ3v) is 6.39. The summed E-state index contributed by atoms with van der Waals surface area (Å²) in [4.78, 5) is 27.3. The molecule has 1 aliphatic rings. The van der Waals surface area contributed by atoms with E-state index in [1.807, 2.05) is 0 Å². The molecule has 2 atom stereocenters. The minimum atomic E-state index is -5.19. The van der Waals surface area contributed by atoms with E-state index in [9.17, 15) is 49.1 Å². The number of nitrogens with zero attached hydrogens (tertiary/aromatic N) is 2. The number of ether oxygens (including phenoxy) is 2. The van der Waals surface area contributed by atoms with Gasteiger partial charge in [-0.25, -0.2) is 9.59 Å². The summed E-state index contributed by atoms with van der Waals surface area (Å²) in [5.41, 5.74) is -0.0305. The Balaban J connectivity index is 2.21. The summed E-state index contributed by atoms with van der Waals surface area (Å²) in [6.45, 7) is 1.91. The maximum absolute atomic E-state index is 13.7. The number of alkyl halides is 9. The van der Waals surface area contributed by atoms with Gasteiger partial charge in [0.05, 0.1) is 47.2 Å². The number of fused-ring (bicyclic) bond motifs is 1. The molecule has 0 aliphatic carbocycles. The van der Waals surface area contributed by atoms with Gasteiger partial charge in [-0.15, -0.1) is 0 Å². The Morgan fingerprint density at radius 2 is 1.48 bits per heavy atom. The summed E-state index contributed by atoms with van der Waals surface area (Å²) in [7, 11) is 1.26. The molecule has 3 amide bonds. The van der Waals surface area contributed by atoms with Gasteiger partial charge in [-0.3, -0.25) is 4.90 Å². The molecule has 7 nitrogen and oxygen atoms in total. The SMILES string of the molecule is COC[C@H]1C[C@@H](N(Cc2cc(C(F)(F)F)cc(C(F)(F)F)c2)C(N)=O)c2cc(C(F)(F)F)ccc2N1C(=O)OC(C)C. The largest absolute Gasteiger partial charge is 0.446 e. The van der Waals surface area contributed by atoms with Crippen LogP contribution >= 0.6 is 0 Å². The molecule has 0 radical (unpaired) electrons. The predicted octanol–water partition coefficient (Wildman–Crippen LogP) is 7.14. The van der Waals surface area contributed by atoms with Gasteiger partial charge in [-0.2, -0.15) is 39.5 Å². The second-order valence-corrected chi connectivity index (χ2v) is 9.81. The lowest BCUT2D eigenvalue weighted by atomic mass is 9.88. The zero-order valence-electron chi connectivity index (χ0n) is 22.3. The van der Waals surface area contributed by atoms with Crippen LogP contribution in [0.25, 0.3) is 0 Å². The number of benzene rings is 2. The molecule has 0 spiro atoms. The van der Waals surface area contributed by atoms with Crippen LogP contribution in [-0.2, 0) is 34.5 Å². The lowest BCUT2D eigenvalue weighted by Gasteiger charge is -2.43. The predicted molar refractivity (Wildman–Crippen MR) is 130 cm³/mol. The Morgan fingerprint density at radius 1 is 0.929 bits per heavy atom. The van der Waals surface area contributed by atoms with E-state index in [0.717, 1.165) is 11.0 Å². The van der Waals surface area contributed by atoms with Gasteiger partial charge in [-0.1, -0.05) is 0 Å². The van der Waals surface area contributed by atoms with Crippen LogP contribution in [0, 0.1) is 0 Å². The van der Waals surface area contributed by atoms with Crippen molar-refractivity contribution in [2.75, 3.05) is 18.6 Å². The maximum atomic E-state index is 13.7. The molecule has 42 heavy (non-hydrogen) atoms. The van der Waals surface area contributed by atoms with Gasteiger partial charge in [-0.05, 0) is 67.8 Å². The van der Waals surface area contributed by atoms with Crippen molar-refractivity contribution in [1.82, 2.24) is 4.90 Å². The number of amides is 3. The number of carbonyl (C=O) groups excluding carboxylic acids is 2. The first-order chi connectivity index (χ1) is 19.2. The molecule has 0 saturated heterocycles. The van der Waals surface area contributed by atoms with E-state index in [-0.39, 0.29) is 30.3 Å². The van der Waals surface area contributed by atoms with Gasteiger partial charge < -0.3 is 20.1 Å². The molecule has 1 aliphatic heterocycles. The Kier molecular flexibility index (Phi) is 9.29. The van der Waals surface area contributed by atoms with E-state index in [1.165, 1.54) is 21.0 Å². The van der Waals surface area contributed by atoms with Gasteiger partial charge in [0, 0.05) is 13.7 Å². The first-order valence-corrected chi connectivity index (χ1v) is 12.3. The number of urea groups is 1. The lowest BCUT2D eigenvalue weighted by Crippen LogP contribution is -2.51. The second kappa shape index (κ2) is 11.9. The number of hydrogen-bond donors (Lipinski definition) is 1. The van der Waals surface area contributed by atoms with Crippen molar-refractivity contribution in [2.24, 2.45) is 5.73 Å². The van der Waals surface area contributed by atoms with Gasteiger partial charge in [0.25, 0.3) is 0 Å². The van der Waals surface area contributed by atoms with Crippen LogP contribution in [0.5, 0.6) is 0 Å². The van der Waals surface area contributed by atoms with E-state index < -0.39 is 77.6 Å². The highest BCUT2D eigenvalue weighted by Gasteiger charge is 2.43. The average molecular weight is 615 g/mol. The minimum Gasteiger partial charge on any atom is -0.446 e. The van der Waals surface area contributed by atoms with Crippen LogP contribution < -0.4 is 10.6 Å². The van der Waals surface area contributed by atoms with Gasteiger partial charge in [0.2, 0.25) is 0 Å². The van der Waals surface area contributed by atoms with E-state index >= 15 is 0 Å². The average Bonchev–Trinajstić information content (AvgIpc) is 2.84. The van der Waals surface area contributed by atoms with Crippen LogP contribution in [0.1, 0.15) is 54.1 Å². The molecule has 2 N–H and O–H groups in total. The summed E-state index contributed by atoms with van der Waals surface area (Å²) in [5.74, 6) is 0. The van der Waals surface area contributed by atoms with Crippen molar-refractivity contribution >= 4 is 17.8 Å². The van der Waals surface area contributed by atoms with E-state index in [0.29, 0.717) is 29.2 Å². The molecular formula is C26H26F9N3O4. The fourth-order valence-corrected chi connectivity index (χ4v) is 4.69. The van der Waals surface area contributed by atoms with Crippen LogP contribution in [-0.4, -0.2) is 42.9 Å². The molecular weight excluding hydrogens is 589 g/mol. The Morgan fingerprint density at radius 3 is 1.93 bits per heavy atom. The van der Waals surface area contributed by atoms with Crippen molar-refractivity contribution in [3.63, 3.8) is 0 Å². The second-order valence-electron chi connectivity index (χ2n) is 9.81. The highest BCUT2D eigenvalue weighted by atomic mass is 19.4. The third-order valence-electron chi connectivity index (χ3n) is 6.39. The maximum Gasteiger partial charge on any atom is 0.416 e. The van der Waals surface area contributed by atoms with Crippen molar-refractivity contribution in [3.8, 4) is 0 Å². The summed E-state index contributed by atoms with van der Waals surface area (Å²) in [5, 5.41) is 0. The van der Waals surface area contributed by atoms with Crippen LogP contribution in [0.15, 0.2) is 36.4 Å². The number of halogens is 9. The first kappa shape index (κ1) is 32.8. The number of rotatable bonds is 6. The Labute approximate surface area is 233 Å². The Hall–Kier alpha value is -3.69. The fraction of sp³-hybridized carbons (Fsp3) is 0.462. The number of primary amides is 1. The Bertz CT molecular complexity index is 1280. The number of hydrogen-bond acceptors (Lipinski definition) is 4. The van der Waals surface area contributed by atoms with Crippen molar-refractivity contribution in [3.05, 3.63) is 64.2 Å². The number of carbonyl (C=O) groups is 2. The van der Waals surface area contributed by atoms with Crippen LogP contribution in [0.4, 0.5) is 54.8 Å². The summed E-state index contributed by atoms with van der Waals surface area (Å²) < 4.78 is 132. The summed E-state index contributed by atoms with van der Waals surface area (Å²) >= 11 is 0. The molecule has 0 saturated carbocycles. The number of methoxy groups -OCH3 is 1. The zero-order chi connectivity index (χ0) is 31.8. The molecule has 3 rings (SSSR count). The zero-order valence-corrected chi connectivity index (χ0v) is 22.3. The van der Waals surface area contributed by atoms with Crippen LogP contribution in [0.3, 0.4) is 0 Å². The van der Waals surface area contributed by atoms with Gasteiger partial charge >= 0.3 is 30.7 Å². The van der Waals surface area contributed by atoms with E-state index in [2.05, 4.69) is 0 Å². The normalized spacial score (nSPS) is 17.7. The molecule has 16 heteroatoms. The highest BCUT2D eigenvalue weighted by molar-refractivity contribution is 5.91. The third kappa shape index (κ3) is 7.38. The molecule has 0 fully saturated rings. The lowest BCUT2D eigenvalue weighted by molar-refractivity contribution is -0.143. The fourth-order valence-electron chi connectivity index (χ4n) is 4.69. The molecule has 1 heterocycles. The first-order valence-electron chi connectivity index (χ1n) is 12.3. The minimum absolute atomic E-state index is 0.101. The molecule has 0 unspecified atom stereocenters. The van der Waals surface area contributed by atoms with Gasteiger partial charge in [0.15, 0.2) is 0 Å². The van der Waals surface area contributed by atoms with E-state index in [1.54, 1.807) is 0 Å². The number of nitrogens with two attached hydrogens (primary N) is 1. The topological polar surface area (TPSA) is 85.1 Å². The molecule has 232 valence electrons. The monoisotopic (exact) mass is 615 g/mol. The molecule has 0 bridgehead atoms. The summed E-state index contributed by atoms with van der Waals surface area (Å²) in [6, 6.07) is -0.796. The molecule has 0 aromatic heterocycles. The quantitative estimate of drug-likeness (QED) is 0.351. The van der Waals surface area contributed by atoms with Crippen molar-refractivity contribution < 1.29 is 58.6 Å². The molecule has 2 aromatic carbocycles. The van der Waals surface area contributed by atoms with Crippen molar-refractivity contribution in [1.29, 1.82) is 0 Å².